The van der Waals surface area contributed by atoms with Crippen LogP contribution in [0.3, 0.4) is 0 Å². The van der Waals surface area contributed by atoms with E-state index in [0.29, 0.717) is 19.5 Å². The summed E-state index contributed by atoms with van der Waals surface area (Å²) in [6, 6.07) is 0. The summed E-state index contributed by atoms with van der Waals surface area (Å²) in [7, 11) is -3.18. The zero-order valence-electron chi connectivity index (χ0n) is 8.86. The highest BCUT2D eigenvalue weighted by Crippen LogP contribution is 2.18. The molecule has 1 unspecified atom stereocenters. The Morgan fingerprint density at radius 3 is 2.43 bits per heavy atom. The molecule has 1 aliphatic heterocycles. The van der Waals surface area contributed by atoms with Crippen molar-refractivity contribution in [3.63, 3.8) is 0 Å². The van der Waals surface area contributed by atoms with Crippen molar-refractivity contribution in [1.29, 1.82) is 0 Å². The lowest BCUT2D eigenvalue weighted by molar-refractivity contribution is -0.124. The van der Waals surface area contributed by atoms with E-state index in [1.54, 1.807) is 20.8 Å². The lowest BCUT2D eigenvalue weighted by atomic mass is 10.0. The van der Waals surface area contributed by atoms with E-state index in [2.05, 4.69) is 0 Å². The summed E-state index contributed by atoms with van der Waals surface area (Å²) < 4.78 is 24.9. The van der Waals surface area contributed by atoms with Crippen molar-refractivity contribution in [2.75, 3.05) is 13.1 Å². The number of nitrogens with zero attached hydrogens (tertiary/aromatic N) is 1. The first kappa shape index (κ1) is 11.7. The molecule has 0 aromatic heterocycles. The average Bonchev–Trinajstić information content (AvgIpc) is 2.09. The fourth-order valence-electron chi connectivity index (χ4n) is 1.51. The standard InChI is InChI=1S/C9H17NO3S/c1-7(2)14(12,13)10-5-4-9(11)8(3)6-10/h7-8H,4-6H2,1-3H3. The van der Waals surface area contributed by atoms with Gasteiger partial charge in [0, 0.05) is 25.4 Å². The van der Waals surface area contributed by atoms with Crippen LogP contribution in [-0.2, 0) is 14.8 Å². The van der Waals surface area contributed by atoms with Gasteiger partial charge in [-0.25, -0.2) is 12.7 Å². The van der Waals surface area contributed by atoms with Gasteiger partial charge in [-0.2, -0.15) is 0 Å². The highest BCUT2D eigenvalue weighted by molar-refractivity contribution is 7.89. The average molecular weight is 219 g/mol. The number of carbonyl (C=O) groups is 1. The fraction of sp³-hybridized carbons (Fsp3) is 0.889. The molecular formula is C9H17NO3S. The minimum atomic E-state index is -3.18. The van der Waals surface area contributed by atoms with Crippen molar-refractivity contribution in [2.24, 2.45) is 5.92 Å². The largest absolute Gasteiger partial charge is 0.299 e. The molecule has 0 radical (unpaired) electrons. The molecule has 0 aliphatic carbocycles. The maximum atomic E-state index is 11.8. The molecule has 82 valence electrons. The third-order valence-corrected chi connectivity index (χ3v) is 4.83. The molecule has 1 rings (SSSR count). The van der Waals surface area contributed by atoms with Gasteiger partial charge in [0.15, 0.2) is 0 Å². The van der Waals surface area contributed by atoms with Crippen molar-refractivity contribution in [1.82, 2.24) is 4.31 Å². The number of sulfonamides is 1. The molecule has 0 aromatic carbocycles. The molecule has 4 nitrogen and oxygen atoms in total. The Morgan fingerprint density at radius 2 is 2.00 bits per heavy atom. The Kier molecular flexibility index (Phi) is 3.32. The fourth-order valence-corrected chi connectivity index (χ4v) is 2.88. The highest BCUT2D eigenvalue weighted by Gasteiger charge is 2.32. The Morgan fingerprint density at radius 1 is 1.43 bits per heavy atom. The summed E-state index contributed by atoms with van der Waals surface area (Å²) in [6.45, 7) is 5.81. The van der Waals surface area contributed by atoms with Crippen LogP contribution in [0.2, 0.25) is 0 Å². The molecule has 0 N–H and O–H groups in total. The zero-order valence-corrected chi connectivity index (χ0v) is 9.67. The van der Waals surface area contributed by atoms with E-state index in [0.717, 1.165) is 0 Å². The van der Waals surface area contributed by atoms with Gasteiger partial charge in [0.2, 0.25) is 10.0 Å². The molecule has 0 bridgehead atoms. The third-order valence-electron chi connectivity index (χ3n) is 2.59. The first-order valence-electron chi connectivity index (χ1n) is 4.87. The lowest BCUT2D eigenvalue weighted by Crippen LogP contribution is -2.45. The first-order valence-corrected chi connectivity index (χ1v) is 6.37. The van der Waals surface area contributed by atoms with Crippen LogP contribution in [-0.4, -0.2) is 36.8 Å². The lowest BCUT2D eigenvalue weighted by Gasteiger charge is -2.30. The van der Waals surface area contributed by atoms with E-state index in [1.807, 2.05) is 0 Å². The van der Waals surface area contributed by atoms with Gasteiger partial charge in [-0.3, -0.25) is 4.79 Å². The summed E-state index contributed by atoms with van der Waals surface area (Å²) in [5.41, 5.74) is 0. The number of ketones is 1. The van der Waals surface area contributed by atoms with E-state index in [9.17, 15) is 13.2 Å². The molecule has 1 atom stereocenters. The molecule has 14 heavy (non-hydrogen) atoms. The van der Waals surface area contributed by atoms with Gasteiger partial charge in [-0.1, -0.05) is 6.92 Å². The first-order chi connectivity index (χ1) is 6.35. The molecule has 1 fully saturated rings. The van der Waals surface area contributed by atoms with Gasteiger partial charge in [0.05, 0.1) is 5.25 Å². The van der Waals surface area contributed by atoms with Gasteiger partial charge in [0.25, 0.3) is 0 Å². The van der Waals surface area contributed by atoms with Crippen LogP contribution >= 0.6 is 0 Å². The Balaban J connectivity index is 2.78. The van der Waals surface area contributed by atoms with Crippen LogP contribution in [0.25, 0.3) is 0 Å². The maximum Gasteiger partial charge on any atom is 0.216 e. The Bertz CT molecular complexity index is 321. The molecule has 0 spiro atoms. The van der Waals surface area contributed by atoms with E-state index < -0.39 is 15.3 Å². The van der Waals surface area contributed by atoms with Crippen molar-refractivity contribution in [2.45, 2.75) is 32.4 Å². The number of piperidine rings is 1. The minimum Gasteiger partial charge on any atom is -0.299 e. The molecule has 0 amide bonds. The van der Waals surface area contributed by atoms with Crippen LogP contribution in [0.15, 0.2) is 0 Å². The van der Waals surface area contributed by atoms with Crippen LogP contribution < -0.4 is 0 Å². The molecule has 0 aromatic rings. The van der Waals surface area contributed by atoms with Crippen molar-refractivity contribution in [3.05, 3.63) is 0 Å². The van der Waals surface area contributed by atoms with Crippen LogP contribution in [0.1, 0.15) is 27.2 Å². The summed E-state index contributed by atoms with van der Waals surface area (Å²) >= 11 is 0. The number of carbonyl (C=O) groups excluding carboxylic acids is 1. The number of hydrogen-bond acceptors (Lipinski definition) is 3. The van der Waals surface area contributed by atoms with Gasteiger partial charge in [-0.05, 0) is 13.8 Å². The predicted octanol–water partition coefficient (Wildman–Crippen LogP) is 0.636. The van der Waals surface area contributed by atoms with Crippen molar-refractivity contribution >= 4 is 15.8 Å². The zero-order chi connectivity index (χ0) is 10.9. The topological polar surface area (TPSA) is 54.5 Å². The van der Waals surface area contributed by atoms with Gasteiger partial charge >= 0.3 is 0 Å². The van der Waals surface area contributed by atoms with Crippen molar-refractivity contribution in [3.8, 4) is 0 Å². The van der Waals surface area contributed by atoms with Gasteiger partial charge in [-0.15, -0.1) is 0 Å². The van der Waals surface area contributed by atoms with Gasteiger partial charge < -0.3 is 0 Å². The second-order valence-corrected chi connectivity index (χ2v) is 6.56. The molecule has 5 heteroatoms. The van der Waals surface area contributed by atoms with E-state index in [-0.39, 0.29) is 11.7 Å². The van der Waals surface area contributed by atoms with Crippen LogP contribution in [0.4, 0.5) is 0 Å². The molecule has 1 heterocycles. The predicted molar refractivity (Wildman–Crippen MR) is 54.4 cm³/mol. The Hall–Kier alpha value is -0.420. The van der Waals surface area contributed by atoms with Gasteiger partial charge in [0.1, 0.15) is 5.78 Å². The molecule has 0 saturated carbocycles. The van der Waals surface area contributed by atoms with Crippen molar-refractivity contribution < 1.29 is 13.2 Å². The monoisotopic (exact) mass is 219 g/mol. The second kappa shape index (κ2) is 3.98. The summed E-state index contributed by atoms with van der Waals surface area (Å²) in [4.78, 5) is 11.2. The molecule has 1 aliphatic rings. The highest BCUT2D eigenvalue weighted by atomic mass is 32.2. The maximum absolute atomic E-state index is 11.8. The second-order valence-electron chi connectivity index (χ2n) is 4.07. The summed E-state index contributed by atoms with van der Waals surface area (Å²) in [6.07, 6.45) is 0.354. The number of rotatable bonds is 2. The number of Topliss-reactive ketones (excluding diaryl/α,β-unsaturated/α-hetero) is 1. The molecular weight excluding hydrogens is 202 g/mol. The Labute approximate surface area is 85.3 Å². The smallest absolute Gasteiger partial charge is 0.216 e. The van der Waals surface area contributed by atoms with E-state index in [1.165, 1.54) is 4.31 Å². The number of hydrogen-bond donors (Lipinski definition) is 0. The van der Waals surface area contributed by atoms with E-state index >= 15 is 0 Å². The van der Waals surface area contributed by atoms with Crippen LogP contribution in [0, 0.1) is 5.92 Å². The summed E-state index contributed by atoms with van der Waals surface area (Å²) in [5.74, 6) is 0.0116. The minimum absolute atomic E-state index is 0.155. The SMILES string of the molecule is CC1CN(S(=O)(=O)C(C)C)CCC1=O. The normalized spacial score (nSPS) is 25.7. The summed E-state index contributed by atoms with van der Waals surface area (Å²) in [5, 5.41) is -0.400. The van der Waals surface area contributed by atoms with E-state index in [4.69, 9.17) is 0 Å². The molecule has 1 saturated heterocycles. The quantitative estimate of drug-likeness (QED) is 0.684. The van der Waals surface area contributed by atoms with Crippen LogP contribution in [0.5, 0.6) is 0 Å². The third kappa shape index (κ3) is 2.15.